The summed E-state index contributed by atoms with van der Waals surface area (Å²) in [6, 6.07) is -0.0361. The van der Waals surface area contributed by atoms with Crippen LogP contribution in [-0.4, -0.2) is 25.2 Å². The topological polar surface area (TPSA) is 67.2 Å². The summed E-state index contributed by atoms with van der Waals surface area (Å²) in [5.74, 6) is 0. The summed E-state index contributed by atoms with van der Waals surface area (Å²) in [4.78, 5) is 10.5. The van der Waals surface area contributed by atoms with Gasteiger partial charge in [-0.3, -0.25) is 0 Å². The maximum Gasteiger partial charge on any atom is 0.312 e. The number of urea groups is 1. The number of primary amides is 1. The first-order chi connectivity index (χ1) is 5.33. The highest BCUT2D eigenvalue weighted by Crippen LogP contribution is 2.02. The summed E-state index contributed by atoms with van der Waals surface area (Å²) >= 11 is 0. The van der Waals surface area contributed by atoms with E-state index in [9.17, 15) is 4.79 Å². The highest BCUT2D eigenvalue weighted by molar-refractivity contribution is 5.71. The zero-order chi connectivity index (χ0) is 8.10. The molecule has 0 saturated carbocycles. The minimum Gasteiger partial charge on any atom is -0.352 e. The van der Waals surface area contributed by atoms with Crippen molar-refractivity contribution in [2.75, 3.05) is 13.1 Å². The molecule has 0 aromatic heterocycles. The van der Waals surface area contributed by atoms with E-state index in [1.807, 2.05) is 0 Å². The maximum absolute atomic E-state index is 10.5. The quantitative estimate of drug-likeness (QED) is 0.486. The van der Waals surface area contributed by atoms with Crippen molar-refractivity contribution in [2.45, 2.75) is 18.9 Å². The number of carbonyl (C=O) groups excluding carboxylic acids is 1. The molecule has 0 bridgehead atoms. The van der Waals surface area contributed by atoms with Gasteiger partial charge in [0.15, 0.2) is 1.41 Å². The molecule has 4 heteroatoms. The average molecular weight is 145 g/mol. The van der Waals surface area contributed by atoms with E-state index >= 15 is 0 Å². The predicted molar refractivity (Wildman–Crippen MR) is 38.6 cm³/mol. The predicted octanol–water partition coefficient (Wildman–Crippen LogP) is -0.593. The molecule has 1 aliphatic rings. The summed E-state index contributed by atoms with van der Waals surface area (Å²) in [6.45, 7) is 1.65. The summed E-state index contributed by atoms with van der Waals surface area (Å²) < 4.78 is 6.50. The number of nitrogens with two attached hydrogens (primary N) is 1. The molecule has 2 amide bonds. The molecule has 1 saturated heterocycles. The molecule has 1 rings (SSSR count). The highest BCUT2D eigenvalue weighted by atomic mass is 16.2. The Morgan fingerprint density at radius 3 is 3.50 bits per heavy atom. The van der Waals surface area contributed by atoms with Crippen LogP contribution >= 0.6 is 0 Å². The van der Waals surface area contributed by atoms with Crippen LogP contribution < -0.4 is 16.4 Å². The average Bonchev–Trinajstić information content (AvgIpc) is 2.52. The molecular weight excluding hydrogens is 130 g/mol. The Hall–Kier alpha value is -0.770. The number of amides is 2. The second-order valence-electron chi connectivity index (χ2n) is 2.50. The maximum atomic E-state index is 10.5. The molecule has 58 valence electrons. The lowest BCUT2D eigenvalue weighted by molar-refractivity contribution is 0.248. The monoisotopic (exact) mass is 145 g/mol. The van der Waals surface area contributed by atoms with Crippen molar-refractivity contribution < 1.29 is 6.21 Å². The standard InChI is InChI=1S/C6H13N3O/c7-6(10)9-4-5-2-1-3-8-5/h5,8H,1-4H2,(H3,7,9,10)/i/hT. The second-order valence-corrected chi connectivity index (χ2v) is 2.50. The van der Waals surface area contributed by atoms with Crippen molar-refractivity contribution in [2.24, 2.45) is 5.73 Å². The molecule has 4 N–H and O–H groups in total. The molecule has 0 aromatic carbocycles. The number of hydrogen-bond acceptors (Lipinski definition) is 2. The zero-order valence-corrected chi connectivity index (χ0v) is 5.81. The first-order valence-corrected chi connectivity index (χ1v) is 3.52. The van der Waals surface area contributed by atoms with Crippen LogP contribution in [0.15, 0.2) is 0 Å². The van der Waals surface area contributed by atoms with Gasteiger partial charge in [-0.2, -0.15) is 0 Å². The minimum absolute atomic E-state index is 0.396. The molecule has 0 radical (unpaired) electrons. The summed E-state index contributed by atoms with van der Waals surface area (Å²) in [7, 11) is 0. The van der Waals surface area contributed by atoms with Crippen LogP contribution in [0.25, 0.3) is 0 Å². The van der Waals surface area contributed by atoms with Gasteiger partial charge in [-0.25, -0.2) is 4.79 Å². The van der Waals surface area contributed by atoms with Gasteiger partial charge in [0.25, 0.3) is 0 Å². The van der Waals surface area contributed by atoms with E-state index in [1.165, 1.54) is 6.42 Å². The van der Waals surface area contributed by atoms with Gasteiger partial charge in [-0.05, 0) is 19.4 Å². The Kier molecular flexibility index (Phi) is 2.04. The first-order valence-electron chi connectivity index (χ1n) is 4.02. The van der Waals surface area contributed by atoms with Crippen LogP contribution in [0, 0.1) is 0 Å². The third-order valence-corrected chi connectivity index (χ3v) is 1.67. The number of hydrogen-bond donors (Lipinski definition) is 3. The fraction of sp³-hybridized carbons (Fsp3) is 0.833. The minimum atomic E-state index is -0.432. The van der Waals surface area contributed by atoms with Crippen molar-refractivity contribution in [1.29, 1.82) is 0 Å². The van der Waals surface area contributed by atoms with Gasteiger partial charge in [0, 0.05) is 12.6 Å². The van der Waals surface area contributed by atoms with E-state index in [4.69, 9.17) is 1.41 Å². The molecule has 10 heavy (non-hydrogen) atoms. The third kappa shape index (κ3) is 2.23. The molecule has 1 fully saturated rings. The second kappa shape index (κ2) is 3.41. The molecule has 0 spiro atoms. The van der Waals surface area contributed by atoms with E-state index in [-0.39, 0.29) is 0 Å². The van der Waals surface area contributed by atoms with Crippen molar-refractivity contribution in [3.8, 4) is 0 Å². The molecule has 1 aliphatic heterocycles. The highest BCUT2D eigenvalue weighted by Gasteiger charge is 2.13. The van der Waals surface area contributed by atoms with Gasteiger partial charge >= 0.3 is 6.03 Å². The van der Waals surface area contributed by atoms with Crippen molar-refractivity contribution in [3.05, 3.63) is 0 Å². The fourth-order valence-corrected chi connectivity index (χ4v) is 1.15. The Balaban J connectivity index is 2.06. The summed E-state index contributed by atoms with van der Waals surface area (Å²) in [5.41, 5.74) is 1.76. The van der Waals surface area contributed by atoms with Crippen LogP contribution in [0.4, 0.5) is 4.79 Å². The molecule has 1 heterocycles. The van der Waals surface area contributed by atoms with Gasteiger partial charge in [0.05, 0.1) is 0 Å². The van der Waals surface area contributed by atoms with Crippen LogP contribution in [0.3, 0.4) is 0 Å². The van der Waals surface area contributed by atoms with Crippen molar-refractivity contribution in [1.82, 2.24) is 10.6 Å². The molecule has 1 atom stereocenters. The van der Waals surface area contributed by atoms with E-state index < -0.39 is 6.03 Å². The van der Waals surface area contributed by atoms with E-state index in [0.29, 0.717) is 12.6 Å². The van der Waals surface area contributed by atoms with Crippen molar-refractivity contribution in [3.63, 3.8) is 0 Å². The van der Waals surface area contributed by atoms with E-state index in [2.05, 4.69) is 10.6 Å². The van der Waals surface area contributed by atoms with Gasteiger partial charge in [0.1, 0.15) is 0 Å². The summed E-state index contributed by atoms with van der Waals surface area (Å²) in [6.07, 6.45) is 2.28. The Morgan fingerprint density at radius 1 is 2.00 bits per heavy atom. The van der Waals surface area contributed by atoms with Gasteiger partial charge in [-0.15, -0.1) is 0 Å². The Labute approximate surface area is 61.6 Å². The SMILES string of the molecule is [3H]NC(=O)NCC1CCCN1. The van der Waals surface area contributed by atoms with Gasteiger partial charge in [-0.1, -0.05) is 0 Å². The van der Waals surface area contributed by atoms with Crippen molar-refractivity contribution >= 4 is 6.03 Å². The largest absolute Gasteiger partial charge is 0.352 e. The van der Waals surface area contributed by atoms with Gasteiger partial charge in [0.2, 0.25) is 0 Å². The number of rotatable bonds is 2. The summed E-state index contributed by atoms with van der Waals surface area (Å²) in [5, 5.41) is 5.81. The smallest absolute Gasteiger partial charge is 0.312 e. The lowest BCUT2D eigenvalue weighted by Crippen LogP contribution is -2.39. The lowest BCUT2D eigenvalue weighted by Gasteiger charge is -2.08. The third-order valence-electron chi connectivity index (χ3n) is 1.67. The Morgan fingerprint density at radius 2 is 2.90 bits per heavy atom. The molecule has 0 aromatic rings. The zero-order valence-electron chi connectivity index (χ0n) is 6.81. The molecule has 0 aliphatic carbocycles. The first kappa shape index (κ1) is 5.97. The van der Waals surface area contributed by atoms with Crippen LogP contribution in [0.2, 0.25) is 1.41 Å². The molecular formula is C6H13N3O. The van der Waals surface area contributed by atoms with E-state index in [0.717, 1.165) is 13.0 Å². The Bertz CT molecular complexity index is 136. The fourth-order valence-electron chi connectivity index (χ4n) is 1.15. The van der Waals surface area contributed by atoms with Crippen LogP contribution in [0.1, 0.15) is 12.8 Å². The number of nitrogens with one attached hydrogen (secondary N) is 2. The number of carbonyl (C=O) groups is 1. The molecule has 4 nitrogen and oxygen atoms in total. The lowest BCUT2D eigenvalue weighted by atomic mass is 10.2. The van der Waals surface area contributed by atoms with Crippen LogP contribution in [0.5, 0.6) is 0 Å². The van der Waals surface area contributed by atoms with Crippen LogP contribution in [-0.2, 0) is 0 Å². The van der Waals surface area contributed by atoms with Gasteiger partial charge < -0.3 is 16.4 Å². The normalized spacial score (nSPS) is 25.6. The van der Waals surface area contributed by atoms with E-state index in [1.54, 1.807) is 5.73 Å². The molecule has 1 unspecified atom stereocenters.